The first-order valence-electron chi connectivity index (χ1n) is 4.20. The number of rotatable bonds is 3. The Morgan fingerprint density at radius 2 is 1.82 bits per heavy atom. The summed E-state index contributed by atoms with van der Waals surface area (Å²) in [5.74, 6) is 5.63. The summed E-state index contributed by atoms with van der Waals surface area (Å²) >= 11 is 0. The van der Waals surface area contributed by atoms with Crippen LogP contribution in [0.3, 0.4) is 0 Å². The number of hydrogen-bond acceptors (Lipinski definition) is 3. The predicted octanol–water partition coefficient (Wildman–Crippen LogP) is 0.276. The summed E-state index contributed by atoms with van der Waals surface area (Å²) in [4.78, 5) is 2.31. The first-order chi connectivity index (χ1) is 5.07. The van der Waals surface area contributed by atoms with Gasteiger partial charge in [-0.3, -0.25) is 5.84 Å². The Morgan fingerprint density at radius 1 is 1.27 bits per heavy atom. The van der Waals surface area contributed by atoms with Gasteiger partial charge in [0.1, 0.15) is 0 Å². The molecule has 0 heterocycles. The third kappa shape index (κ3) is 1.72. The Bertz CT molecular complexity index is 127. The van der Waals surface area contributed by atoms with E-state index in [4.69, 9.17) is 5.84 Å². The summed E-state index contributed by atoms with van der Waals surface area (Å²) in [5, 5.41) is 1.79. The Balaban J connectivity index is 2.47. The van der Waals surface area contributed by atoms with Gasteiger partial charge in [0.05, 0.1) is 0 Å². The minimum absolute atomic E-state index is 0.378. The van der Waals surface area contributed by atoms with Crippen molar-refractivity contribution in [1.29, 1.82) is 0 Å². The topological polar surface area (TPSA) is 32.5 Å². The third-order valence-corrected chi connectivity index (χ3v) is 2.78. The molecular weight excluding hydrogens is 138 g/mol. The van der Waals surface area contributed by atoms with Crippen molar-refractivity contribution in [3.05, 3.63) is 0 Å². The highest BCUT2D eigenvalue weighted by atomic mass is 15.4. The van der Waals surface area contributed by atoms with Gasteiger partial charge in [-0.1, -0.05) is 0 Å². The van der Waals surface area contributed by atoms with Crippen molar-refractivity contribution in [3.8, 4) is 0 Å². The lowest BCUT2D eigenvalue weighted by Gasteiger charge is -2.48. The van der Waals surface area contributed by atoms with Crippen molar-refractivity contribution in [2.75, 3.05) is 27.7 Å². The molecule has 2 N–H and O–H groups in total. The van der Waals surface area contributed by atoms with Crippen molar-refractivity contribution in [2.24, 2.45) is 5.84 Å². The number of hydrazine groups is 1. The second kappa shape index (κ2) is 3.09. The molecule has 0 aromatic carbocycles. The Kier molecular flexibility index (Phi) is 2.52. The van der Waals surface area contributed by atoms with E-state index >= 15 is 0 Å². The van der Waals surface area contributed by atoms with Gasteiger partial charge in [-0.2, -0.15) is 0 Å². The maximum atomic E-state index is 5.63. The predicted molar refractivity (Wildman–Crippen MR) is 47.1 cm³/mol. The van der Waals surface area contributed by atoms with E-state index in [1.807, 2.05) is 7.05 Å². The fraction of sp³-hybridized carbons (Fsp3) is 1.00. The lowest BCUT2D eigenvalue weighted by atomic mass is 9.75. The molecule has 66 valence electrons. The number of nitrogens with zero attached hydrogens (tertiary/aromatic N) is 2. The molecule has 1 fully saturated rings. The van der Waals surface area contributed by atoms with Gasteiger partial charge >= 0.3 is 0 Å². The zero-order chi connectivity index (χ0) is 8.48. The average molecular weight is 157 g/mol. The fourth-order valence-corrected chi connectivity index (χ4v) is 1.80. The van der Waals surface area contributed by atoms with Crippen LogP contribution in [0.1, 0.15) is 19.3 Å². The molecule has 0 aromatic rings. The Labute approximate surface area is 69.1 Å². The molecule has 0 aromatic heterocycles. The van der Waals surface area contributed by atoms with Gasteiger partial charge in [0.2, 0.25) is 0 Å². The summed E-state index contributed by atoms with van der Waals surface area (Å²) in [6, 6.07) is 0. The van der Waals surface area contributed by atoms with Crippen molar-refractivity contribution in [2.45, 2.75) is 24.8 Å². The van der Waals surface area contributed by atoms with Crippen LogP contribution in [0.2, 0.25) is 0 Å². The maximum Gasteiger partial charge on any atom is 0.0344 e. The van der Waals surface area contributed by atoms with Gasteiger partial charge in [-0.05, 0) is 33.4 Å². The normalized spacial score (nSPS) is 22.4. The molecule has 1 saturated carbocycles. The second-order valence-corrected chi connectivity index (χ2v) is 3.89. The lowest BCUT2D eigenvalue weighted by molar-refractivity contribution is 0.0278. The van der Waals surface area contributed by atoms with Crippen LogP contribution in [0.25, 0.3) is 0 Å². The Morgan fingerprint density at radius 3 is 1.91 bits per heavy atom. The van der Waals surface area contributed by atoms with Crippen molar-refractivity contribution in [1.82, 2.24) is 9.91 Å². The minimum atomic E-state index is 0.378. The van der Waals surface area contributed by atoms with Gasteiger partial charge in [0, 0.05) is 19.1 Å². The van der Waals surface area contributed by atoms with E-state index in [9.17, 15) is 0 Å². The number of hydrogen-bond donors (Lipinski definition) is 1. The van der Waals surface area contributed by atoms with E-state index in [2.05, 4.69) is 19.0 Å². The van der Waals surface area contributed by atoms with E-state index in [-0.39, 0.29) is 0 Å². The van der Waals surface area contributed by atoms with Gasteiger partial charge < -0.3 is 4.90 Å². The molecule has 0 unspecified atom stereocenters. The minimum Gasteiger partial charge on any atom is -0.302 e. The third-order valence-electron chi connectivity index (χ3n) is 2.78. The molecule has 0 saturated heterocycles. The fourth-order valence-electron chi connectivity index (χ4n) is 1.80. The largest absolute Gasteiger partial charge is 0.302 e. The molecule has 0 amide bonds. The first kappa shape index (κ1) is 8.97. The van der Waals surface area contributed by atoms with Gasteiger partial charge in [-0.25, -0.2) is 5.01 Å². The van der Waals surface area contributed by atoms with Crippen LogP contribution in [-0.2, 0) is 0 Å². The summed E-state index contributed by atoms with van der Waals surface area (Å²) in [6.07, 6.45) is 3.94. The van der Waals surface area contributed by atoms with E-state index in [0.29, 0.717) is 5.54 Å². The van der Waals surface area contributed by atoms with Crippen molar-refractivity contribution < 1.29 is 0 Å². The molecule has 3 heteroatoms. The first-order valence-corrected chi connectivity index (χ1v) is 4.20. The molecule has 1 aliphatic rings. The second-order valence-electron chi connectivity index (χ2n) is 3.89. The zero-order valence-corrected chi connectivity index (χ0v) is 7.80. The van der Waals surface area contributed by atoms with Gasteiger partial charge in [0.25, 0.3) is 0 Å². The van der Waals surface area contributed by atoms with E-state index < -0.39 is 0 Å². The highest BCUT2D eigenvalue weighted by Gasteiger charge is 2.39. The molecule has 0 radical (unpaired) electrons. The molecule has 1 rings (SSSR count). The standard InChI is InChI=1S/C8H19N3/c1-10(2)8(5-4-6-8)7-11(3)9/h4-7,9H2,1-3H3. The van der Waals surface area contributed by atoms with Crippen molar-refractivity contribution >= 4 is 0 Å². The molecule has 0 atom stereocenters. The molecule has 3 nitrogen and oxygen atoms in total. The molecule has 0 spiro atoms. The van der Waals surface area contributed by atoms with E-state index in [1.54, 1.807) is 5.01 Å². The number of nitrogens with two attached hydrogens (primary N) is 1. The molecule has 1 aliphatic carbocycles. The van der Waals surface area contributed by atoms with Crippen LogP contribution in [-0.4, -0.2) is 43.1 Å². The zero-order valence-electron chi connectivity index (χ0n) is 7.80. The van der Waals surface area contributed by atoms with Crippen LogP contribution >= 0.6 is 0 Å². The SMILES string of the molecule is CN(N)CC1(N(C)C)CCC1. The number of likely N-dealkylation sites (N-methyl/N-ethyl adjacent to an activating group) is 2. The van der Waals surface area contributed by atoms with Crippen LogP contribution in [0.5, 0.6) is 0 Å². The van der Waals surface area contributed by atoms with E-state index in [0.717, 1.165) is 6.54 Å². The quantitative estimate of drug-likeness (QED) is 0.471. The summed E-state index contributed by atoms with van der Waals surface area (Å²) in [5.41, 5.74) is 0.378. The monoisotopic (exact) mass is 157 g/mol. The van der Waals surface area contributed by atoms with Crippen LogP contribution in [0, 0.1) is 0 Å². The van der Waals surface area contributed by atoms with Crippen LogP contribution < -0.4 is 5.84 Å². The maximum absolute atomic E-state index is 5.63. The van der Waals surface area contributed by atoms with Gasteiger partial charge in [0.15, 0.2) is 0 Å². The molecular formula is C8H19N3. The summed E-state index contributed by atoms with van der Waals surface area (Å²) < 4.78 is 0. The average Bonchev–Trinajstić information content (AvgIpc) is 1.77. The summed E-state index contributed by atoms with van der Waals surface area (Å²) in [7, 11) is 6.22. The highest BCUT2D eigenvalue weighted by molar-refractivity contribution is 4.97. The Hall–Kier alpha value is -0.120. The lowest BCUT2D eigenvalue weighted by Crippen LogP contribution is -2.57. The molecule has 0 bridgehead atoms. The molecule has 0 aliphatic heterocycles. The van der Waals surface area contributed by atoms with Crippen LogP contribution in [0.4, 0.5) is 0 Å². The summed E-state index contributed by atoms with van der Waals surface area (Å²) in [6.45, 7) is 0.986. The van der Waals surface area contributed by atoms with E-state index in [1.165, 1.54) is 19.3 Å². The highest BCUT2D eigenvalue weighted by Crippen LogP contribution is 2.36. The van der Waals surface area contributed by atoms with Crippen LogP contribution in [0.15, 0.2) is 0 Å². The van der Waals surface area contributed by atoms with Crippen molar-refractivity contribution in [3.63, 3.8) is 0 Å². The smallest absolute Gasteiger partial charge is 0.0344 e. The molecule has 11 heavy (non-hydrogen) atoms. The van der Waals surface area contributed by atoms with Gasteiger partial charge in [-0.15, -0.1) is 0 Å².